The van der Waals surface area contributed by atoms with Crippen LogP contribution in [0.5, 0.6) is 0 Å². The molecule has 0 spiro atoms. The van der Waals surface area contributed by atoms with Gasteiger partial charge in [-0.25, -0.2) is 9.78 Å². The molecule has 0 saturated carbocycles. The summed E-state index contributed by atoms with van der Waals surface area (Å²) in [5.41, 5.74) is 1.74. The number of fused-ring (bicyclic) bond motifs is 1. The summed E-state index contributed by atoms with van der Waals surface area (Å²) >= 11 is 0. The lowest BCUT2D eigenvalue weighted by atomic mass is 9.85. The van der Waals surface area contributed by atoms with Gasteiger partial charge in [-0.15, -0.1) is 0 Å². The molecule has 3 heterocycles. The van der Waals surface area contributed by atoms with Gasteiger partial charge < -0.3 is 33.9 Å². The number of aryl methyl sites for hydroxylation is 1. The number of nitrogens with zero attached hydrogens (tertiary/aromatic N) is 1. The minimum atomic E-state index is -0.967. The summed E-state index contributed by atoms with van der Waals surface area (Å²) in [5, 5.41) is 31.4. The van der Waals surface area contributed by atoms with Gasteiger partial charge in [0.1, 0.15) is 29.8 Å². The minimum absolute atomic E-state index is 0.114. The van der Waals surface area contributed by atoms with Crippen molar-refractivity contribution in [2.45, 2.75) is 103 Å². The number of aromatic nitrogens is 1. The molecule has 0 unspecified atom stereocenters. The van der Waals surface area contributed by atoms with E-state index in [1.165, 1.54) is 6.08 Å². The van der Waals surface area contributed by atoms with Crippen LogP contribution in [0.1, 0.15) is 71.9 Å². The number of hydrogen-bond acceptors (Lipinski definition) is 9. The van der Waals surface area contributed by atoms with Gasteiger partial charge in [-0.2, -0.15) is 0 Å². The minimum Gasteiger partial charge on any atom is -0.481 e. The van der Waals surface area contributed by atoms with Gasteiger partial charge in [-0.05, 0) is 56.8 Å². The lowest BCUT2D eigenvalue weighted by Gasteiger charge is -2.32. The molecule has 0 radical (unpaired) electrons. The van der Waals surface area contributed by atoms with Gasteiger partial charge in [-0.3, -0.25) is 4.79 Å². The zero-order valence-corrected chi connectivity index (χ0v) is 27.4. The molecule has 0 aliphatic carbocycles. The lowest BCUT2D eigenvalue weighted by Crippen LogP contribution is -2.41. The Balaban J connectivity index is 1.82. The van der Waals surface area contributed by atoms with Crippen molar-refractivity contribution in [2.24, 2.45) is 17.8 Å². The van der Waals surface area contributed by atoms with Gasteiger partial charge in [0.2, 0.25) is 0 Å². The van der Waals surface area contributed by atoms with Crippen LogP contribution >= 0.6 is 0 Å². The first-order chi connectivity index (χ1) is 21.2. The van der Waals surface area contributed by atoms with Crippen LogP contribution in [0.15, 0.2) is 64.4 Å². The average molecular weight is 628 g/mol. The summed E-state index contributed by atoms with van der Waals surface area (Å²) in [7, 11) is 1.60. The Morgan fingerprint density at radius 1 is 1.24 bits per heavy atom. The zero-order valence-electron chi connectivity index (χ0n) is 27.4. The van der Waals surface area contributed by atoms with Gasteiger partial charge in [0.15, 0.2) is 5.89 Å². The molecule has 2 aliphatic heterocycles. The van der Waals surface area contributed by atoms with E-state index in [-0.39, 0.29) is 43.1 Å². The lowest BCUT2D eigenvalue weighted by molar-refractivity contribution is -0.150. The van der Waals surface area contributed by atoms with Crippen molar-refractivity contribution in [3.05, 3.63) is 71.5 Å². The molecular formula is C35H49NO9. The Morgan fingerprint density at radius 2 is 1.98 bits per heavy atom. The first kappa shape index (κ1) is 36.2. The molecule has 9 atom stereocenters. The quantitative estimate of drug-likeness (QED) is 0.141. The highest BCUT2D eigenvalue weighted by molar-refractivity contribution is 5.82. The summed E-state index contributed by atoms with van der Waals surface area (Å²) in [5.74, 6) is -1.92. The van der Waals surface area contributed by atoms with Crippen LogP contribution in [0.2, 0.25) is 0 Å². The maximum Gasteiger partial charge on any atom is 0.330 e. The largest absolute Gasteiger partial charge is 0.481 e. The maximum absolute atomic E-state index is 13.0. The predicted octanol–water partition coefficient (Wildman–Crippen LogP) is 5.35. The number of carboxylic acid groups (broad SMARTS) is 1. The number of aliphatic hydroxyl groups is 2. The van der Waals surface area contributed by atoms with Gasteiger partial charge in [0, 0.05) is 44.8 Å². The number of oxazole rings is 1. The fraction of sp³-hybridized carbons (Fsp3) is 0.571. The van der Waals surface area contributed by atoms with E-state index in [9.17, 15) is 24.9 Å². The van der Waals surface area contributed by atoms with Crippen LogP contribution in [0.3, 0.4) is 0 Å². The second-order valence-electron chi connectivity index (χ2n) is 12.6. The average Bonchev–Trinajstić information content (AvgIpc) is 3.47. The highest BCUT2D eigenvalue weighted by Crippen LogP contribution is 2.43. The molecular weight excluding hydrogens is 578 g/mol. The van der Waals surface area contributed by atoms with E-state index < -0.39 is 42.0 Å². The highest BCUT2D eigenvalue weighted by Gasteiger charge is 2.56. The third kappa shape index (κ3) is 10.6. The number of esters is 1. The van der Waals surface area contributed by atoms with E-state index in [0.29, 0.717) is 12.3 Å². The molecule has 1 aromatic heterocycles. The molecule has 1 saturated heterocycles. The Morgan fingerprint density at radius 3 is 2.62 bits per heavy atom. The Hall–Kier alpha value is -3.31. The number of carbonyl (C=O) groups excluding carboxylic acids is 1. The van der Waals surface area contributed by atoms with Gasteiger partial charge in [0.25, 0.3) is 0 Å². The van der Waals surface area contributed by atoms with Crippen LogP contribution in [0.4, 0.5) is 0 Å². The van der Waals surface area contributed by atoms with Crippen LogP contribution in [0.25, 0.3) is 6.08 Å². The number of carbonyl (C=O) groups is 2. The predicted molar refractivity (Wildman–Crippen MR) is 170 cm³/mol. The molecule has 2 aliphatic rings. The van der Waals surface area contributed by atoms with Gasteiger partial charge in [0.05, 0.1) is 18.3 Å². The first-order valence-electron chi connectivity index (χ1n) is 15.5. The fourth-order valence-corrected chi connectivity index (χ4v) is 5.76. The van der Waals surface area contributed by atoms with Crippen molar-refractivity contribution in [3.8, 4) is 0 Å². The number of rotatable bonds is 9. The highest BCUT2D eigenvalue weighted by atomic mass is 16.6. The number of hydrogen-bond donors (Lipinski definition) is 3. The summed E-state index contributed by atoms with van der Waals surface area (Å²) < 4.78 is 22.9. The first-order valence-corrected chi connectivity index (χ1v) is 15.5. The SMILES string of the molecule is CO[C@@H](/C(C)=C/C=C/C(C)=C/c1coc(C)n1)[C@@H](C)[C@@H]1C[C@H](O)[C@]2(C)O[C@@H]2/C=C\[C@@H](C)[C@H](O)C[C@H](CC(=O)O)C/C=C\C(=O)O1. The smallest absolute Gasteiger partial charge is 0.330 e. The molecule has 1 aromatic rings. The number of allylic oxidation sites excluding steroid dienone is 5. The number of cyclic esters (lactones) is 1. The third-order valence-corrected chi connectivity index (χ3v) is 8.73. The molecule has 0 amide bonds. The number of methoxy groups -OCH3 is 1. The number of epoxide rings is 1. The summed E-state index contributed by atoms with van der Waals surface area (Å²) in [6, 6.07) is 0. The Bertz CT molecular complexity index is 1310. The summed E-state index contributed by atoms with van der Waals surface area (Å²) in [6.07, 6.45) is 13.2. The second-order valence-corrected chi connectivity index (χ2v) is 12.6. The number of aliphatic hydroxyl groups excluding tert-OH is 2. The van der Waals surface area contributed by atoms with Crippen LogP contribution in [0, 0.1) is 24.7 Å². The molecule has 0 bridgehead atoms. The molecule has 3 N–H and O–H groups in total. The number of carboxylic acids is 1. The van der Waals surface area contributed by atoms with E-state index in [0.717, 1.165) is 16.8 Å². The Kier molecular flexibility index (Phi) is 13.1. The van der Waals surface area contributed by atoms with Crippen molar-refractivity contribution in [1.29, 1.82) is 0 Å². The topological polar surface area (TPSA) is 152 Å². The van der Waals surface area contributed by atoms with Crippen molar-refractivity contribution in [2.75, 3.05) is 7.11 Å². The van der Waals surface area contributed by atoms with Crippen molar-refractivity contribution in [1.82, 2.24) is 4.98 Å². The van der Waals surface area contributed by atoms with E-state index in [4.69, 9.17) is 18.6 Å². The summed E-state index contributed by atoms with van der Waals surface area (Å²) in [6.45, 7) is 11.3. The molecule has 10 nitrogen and oxygen atoms in total. The van der Waals surface area contributed by atoms with Crippen LogP contribution < -0.4 is 0 Å². The maximum atomic E-state index is 13.0. The van der Waals surface area contributed by atoms with Gasteiger partial charge in [-0.1, -0.05) is 50.3 Å². The van der Waals surface area contributed by atoms with E-state index in [1.54, 1.807) is 26.4 Å². The molecule has 0 aromatic carbocycles. The molecule has 1 fully saturated rings. The zero-order chi connectivity index (χ0) is 33.3. The molecule has 45 heavy (non-hydrogen) atoms. The monoisotopic (exact) mass is 627 g/mol. The van der Waals surface area contributed by atoms with Crippen molar-refractivity contribution in [3.63, 3.8) is 0 Å². The molecule has 248 valence electrons. The van der Waals surface area contributed by atoms with E-state index >= 15 is 0 Å². The van der Waals surface area contributed by atoms with Gasteiger partial charge >= 0.3 is 11.9 Å². The normalized spacial score (nSPS) is 33.2. The standard InChI is InChI=1S/C35H49NO9/c1-21(16-27-20-43-25(5)36-27)10-8-11-23(3)34(42-7)24(4)29-19-30(38)35(6)31(45-35)15-14-22(2)28(37)17-26(18-32(39)40)12-9-13-33(41)44-29/h8-11,13-16,20,22,24,26,28-31,34,37-38H,12,17-19H2,1-7H3,(H,39,40)/b10-8+,13-9-,15-14-,21-16+,23-11+/t22-,24+,26-,28-,29+,30+,31-,34+,35+/m1/s1. The van der Waals surface area contributed by atoms with E-state index in [2.05, 4.69) is 4.98 Å². The van der Waals surface area contributed by atoms with Crippen LogP contribution in [-0.2, 0) is 23.8 Å². The molecule has 3 rings (SSSR count). The fourth-order valence-electron chi connectivity index (χ4n) is 5.76. The second kappa shape index (κ2) is 16.3. The Labute approximate surface area is 266 Å². The van der Waals surface area contributed by atoms with Crippen molar-refractivity contribution >= 4 is 18.0 Å². The van der Waals surface area contributed by atoms with Crippen LogP contribution in [-0.4, -0.2) is 75.5 Å². The van der Waals surface area contributed by atoms with Crippen molar-refractivity contribution < 1.29 is 43.5 Å². The third-order valence-electron chi connectivity index (χ3n) is 8.73. The number of aliphatic carboxylic acids is 1. The molecule has 10 heteroatoms. The van der Waals surface area contributed by atoms with E-state index in [1.807, 2.05) is 71.1 Å². The summed E-state index contributed by atoms with van der Waals surface area (Å²) in [4.78, 5) is 28.8. The number of ether oxygens (including phenoxy) is 3.